The molecule has 0 saturated carbocycles. The summed E-state index contributed by atoms with van der Waals surface area (Å²) in [5.74, 6) is 1.56. The van der Waals surface area contributed by atoms with E-state index in [4.69, 9.17) is 9.47 Å². The number of alkyl halides is 1. The zero-order chi connectivity index (χ0) is 14.8. The number of carbonyl (C=O) groups excluding carboxylic acids is 1. The van der Waals surface area contributed by atoms with Gasteiger partial charge in [-0.1, -0.05) is 28.1 Å². The summed E-state index contributed by atoms with van der Waals surface area (Å²) in [5.41, 5.74) is 0. The van der Waals surface area contributed by atoms with Crippen molar-refractivity contribution in [2.75, 3.05) is 19.7 Å². The van der Waals surface area contributed by atoms with E-state index >= 15 is 0 Å². The summed E-state index contributed by atoms with van der Waals surface area (Å²) in [6, 6.07) is 7.59. The van der Waals surface area contributed by atoms with E-state index in [-0.39, 0.29) is 12.0 Å². The first-order chi connectivity index (χ1) is 9.41. The zero-order valence-corrected chi connectivity index (χ0v) is 13.6. The van der Waals surface area contributed by atoms with Gasteiger partial charge in [-0.3, -0.25) is 4.79 Å². The van der Waals surface area contributed by atoms with Crippen LogP contribution < -0.4 is 9.47 Å². The molecule has 0 fully saturated rings. The minimum Gasteiger partial charge on any atom is -0.486 e. The number of nitrogens with zero attached hydrogens (tertiary/aromatic N) is 1. The Morgan fingerprint density at radius 2 is 2.05 bits per heavy atom. The average molecular weight is 342 g/mol. The van der Waals surface area contributed by atoms with Gasteiger partial charge in [-0.05, 0) is 32.9 Å². The molecule has 1 aliphatic heterocycles. The van der Waals surface area contributed by atoms with Gasteiger partial charge in [0.05, 0.1) is 10.9 Å². The van der Waals surface area contributed by atoms with E-state index < -0.39 is 4.32 Å². The standard InChI is InChI=1S/C15H20BrNO3/c1-4-17(14(18)15(2,3)16)9-11-10-19-12-7-5-6-8-13(12)20-11/h5-8,11H,4,9-10H2,1-3H3. The lowest BCUT2D eigenvalue weighted by atomic mass is 10.1. The van der Waals surface area contributed by atoms with Crippen molar-refractivity contribution in [2.24, 2.45) is 0 Å². The minimum absolute atomic E-state index is 0.0578. The van der Waals surface area contributed by atoms with E-state index in [2.05, 4.69) is 15.9 Å². The molecule has 1 aliphatic rings. The van der Waals surface area contributed by atoms with E-state index in [1.807, 2.05) is 45.0 Å². The Morgan fingerprint density at radius 1 is 1.40 bits per heavy atom. The van der Waals surface area contributed by atoms with Crippen LogP contribution in [0.3, 0.4) is 0 Å². The maximum atomic E-state index is 12.3. The Labute approximate surface area is 128 Å². The monoisotopic (exact) mass is 341 g/mol. The second kappa shape index (κ2) is 6.04. The van der Waals surface area contributed by atoms with Crippen LogP contribution in [0.15, 0.2) is 24.3 Å². The molecule has 0 aromatic heterocycles. The molecule has 110 valence electrons. The van der Waals surface area contributed by atoms with E-state index in [0.29, 0.717) is 19.7 Å². The number of fused-ring (bicyclic) bond motifs is 1. The first-order valence-corrected chi connectivity index (χ1v) is 7.58. The molecular formula is C15H20BrNO3. The Morgan fingerprint density at radius 3 is 2.65 bits per heavy atom. The fraction of sp³-hybridized carbons (Fsp3) is 0.533. The Bertz CT molecular complexity index is 484. The molecule has 0 saturated heterocycles. The van der Waals surface area contributed by atoms with Crippen LogP contribution >= 0.6 is 15.9 Å². The summed E-state index contributed by atoms with van der Waals surface area (Å²) in [4.78, 5) is 14.1. The fourth-order valence-corrected chi connectivity index (χ4v) is 2.38. The first-order valence-electron chi connectivity index (χ1n) is 6.78. The predicted molar refractivity (Wildman–Crippen MR) is 81.6 cm³/mol. The lowest BCUT2D eigenvalue weighted by Gasteiger charge is -2.33. The molecule has 1 heterocycles. The smallest absolute Gasteiger partial charge is 0.239 e. The number of hydrogen-bond acceptors (Lipinski definition) is 3. The van der Waals surface area contributed by atoms with E-state index in [9.17, 15) is 4.79 Å². The number of rotatable bonds is 4. The highest BCUT2D eigenvalue weighted by Gasteiger charge is 2.31. The van der Waals surface area contributed by atoms with Crippen molar-refractivity contribution in [3.05, 3.63) is 24.3 Å². The van der Waals surface area contributed by atoms with Gasteiger partial charge < -0.3 is 14.4 Å². The third-order valence-corrected chi connectivity index (χ3v) is 3.51. The number of para-hydroxylation sites is 2. The molecule has 0 bridgehead atoms. The molecule has 0 radical (unpaired) electrons. The second-order valence-electron chi connectivity index (χ2n) is 5.31. The van der Waals surface area contributed by atoms with Crippen LogP contribution in [-0.2, 0) is 4.79 Å². The number of carbonyl (C=O) groups is 1. The molecule has 20 heavy (non-hydrogen) atoms. The van der Waals surface area contributed by atoms with Crippen LogP contribution in [0.1, 0.15) is 20.8 Å². The molecule has 2 rings (SSSR count). The van der Waals surface area contributed by atoms with Crippen LogP contribution in [0.25, 0.3) is 0 Å². The van der Waals surface area contributed by atoms with Gasteiger partial charge in [0.2, 0.25) is 5.91 Å². The van der Waals surface area contributed by atoms with Crippen molar-refractivity contribution >= 4 is 21.8 Å². The number of likely N-dealkylation sites (N-methyl/N-ethyl adjacent to an activating group) is 1. The summed E-state index contributed by atoms with van der Waals surface area (Å²) < 4.78 is 11.0. The molecular weight excluding hydrogens is 322 g/mol. The quantitative estimate of drug-likeness (QED) is 0.790. The molecule has 1 aromatic carbocycles. The third kappa shape index (κ3) is 3.45. The van der Waals surface area contributed by atoms with E-state index in [1.165, 1.54) is 0 Å². The molecule has 5 heteroatoms. The van der Waals surface area contributed by atoms with Crippen LogP contribution in [0.2, 0.25) is 0 Å². The summed E-state index contributed by atoms with van der Waals surface area (Å²) in [6.45, 7) is 7.31. The van der Waals surface area contributed by atoms with Gasteiger partial charge in [-0.15, -0.1) is 0 Å². The third-order valence-electron chi connectivity index (χ3n) is 3.17. The van der Waals surface area contributed by atoms with Gasteiger partial charge in [0.25, 0.3) is 0 Å². The lowest BCUT2D eigenvalue weighted by Crippen LogP contribution is -2.48. The van der Waals surface area contributed by atoms with Gasteiger partial charge in [0.15, 0.2) is 17.6 Å². The van der Waals surface area contributed by atoms with Crippen molar-refractivity contribution in [3.63, 3.8) is 0 Å². The molecule has 1 atom stereocenters. The minimum atomic E-state index is -0.559. The van der Waals surface area contributed by atoms with Gasteiger partial charge >= 0.3 is 0 Å². The molecule has 0 aliphatic carbocycles. The van der Waals surface area contributed by atoms with Gasteiger partial charge in [-0.2, -0.15) is 0 Å². The average Bonchev–Trinajstić information content (AvgIpc) is 2.43. The Balaban J connectivity index is 2.02. The lowest BCUT2D eigenvalue weighted by molar-refractivity contribution is -0.134. The normalized spacial score (nSPS) is 17.7. The van der Waals surface area contributed by atoms with Crippen LogP contribution in [0.4, 0.5) is 0 Å². The SMILES string of the molecule is CCN(CC1COc2ccccc2O1)C(=O)C(C)(C)Br. The summed E-state index contributed by atoms with van der Waals surface area (Å²) >= 11 is 3.41. The van der Waals surface area contributed by atoms with Crippen molar-refractivity contribution in [1.29, 1.82) is 0 Å². The number of hydrogen-bond donors (Lipinski definition) is 0. The first kappa shape index (κ1) is 15.2. The fourth-order valence-electron chi connectivity index (χ4n) is 2.13. The molecule has 0 N–H and O–H groups in total. The van der Waals surface area contributed by atoms with Crippen LogP contribution in [-0.4, -0.2) is 40.9 Å². The van der Waals surface area contributed by atoms with Crippen molar-refractivity contribution in [1.82, 2.24) is 4.90 Å². The number of ether oxygens (including phenoxy) is 2. The van der Waals surface area contributed by atoms with Gasteiger partial charge in [0, 0.05) is 6.54 Å². The maximum absolute atomic E-state index is 12.3. The molecule has 0 spiro atoms. The molecule has 4 nitrogen and oxygen atoms in total. The molecule has 1 aromatic rings. The Hall–Kier alpha value is -1.23. The number of halogens is 1. The number of benzene rings is 1. The van der Waals surface area contributed by atoms with Crippen molar-refractivity contribution < 1.29 is 14.3 Å². The highest BCUT2D eigenvalue weighted by atomic mass is 79.9. The summed E-state index contributed by atoms with van der Waals surface area (Å²) in [5, 5.41) is 0. The van der Waals surface area contributed by atoms with Gasteiger partial charge in [0.1, 0.15) is 6.61 Å². The van der Waals surface area contributed by atoms with E-state index in [0.717, 1.165) is 11.5 Å². The van der Waals surface area contributed by atoms with Crippen molar-refractivity contribution in [2.45, 2.75) is 31.2 Å². The topological polar surface area (TPSA) is 38.8 Å². The maximum Gasteiger partial charge on any atom is 0.239 e. The summed E-state index contributed by atoms with van der Waals surface area (Å²) in [7, 11) is 0. The van der Waals surface area contributed by atoms with E-state index in [1.54, 1.807) is 4.90 Å². The second-order valence-corrected chi connectivity index (χ2v) is 7.30. The molecule has 1 amide bonds. The number of amides is 1. The molecule has 1 unspecified atom stereocenters. The highest BCUT2D eigenvalue weighted by molar-refractivity contribution is 9.10. The van der Waals surface area contributed by atoms with Crippen LogP contribution in [0.5, 0.6) is 11.5 Å². The zero-order valence-electron chi connectivity index (χ0n) is 12.1. The van der Waals surface area contributed by atoms with Crippen molar-refractivity contribution in [3.8, 4) is 11.5 Å². The van der Waals surface area contributed by atoms with Gasteiger partial charge in [-0.25, -0.2) is 0 Å². The Kier molecular flexibility index (Phi) is 4.58. The summed E-state index contributed by atoms with van der Waals surface area (Å²) in [6.07, 6.45) is -0.136. The predicted octanol–water partition coefficient (Wildman–Crippen LogP) is 2.85. The van der Waals surface area contributed by atoms with Crippen LogP contribution in [0, 0.1) is 0 Å². The largest absolute Gasteiger partial charge is 0.486 e. The highest BCUT2D eigenvalue weighted by Crippen LogP contribution is 2.31.